The Bertz CT molecular complexity index is 1260. The van der Waals surface area contributed by atoms with E-state index in [1.54, 1.807) is 30.7 Å². The lowest BCUT2D eigenvalue weighted by Crippen LogP contribution is -2.63. The van der Waals surface area contributed by atoms with Gasteiger partial charge in [-0.3, -0.25) is 14.3 Å². The van der Waals surface area contributed by atoms with Crippen molar-refractivity contribution in [3.05, 3.63) is 83.2 Å². The molecule has 2 aromatic heterocycles. The molecule has 1 aliphatic heterocycles. The number of amides is 2. The van der Waals surface area contributed by atoms with E-state index in [2.05, 4.69) is 9.97 Å². The highest BCUT2D eigenvalue weighted by Gasteiger charge is 2.55. The second-order valence-electron chi connectivity index (χ2n) is 10.3. The number of nitrogens with zero attached hydrogens (tertiary/aromatic N) is 5. The van der Waals surface area contributed by atoms with Crippen LogP contribution in [0, 0.1) is 5.41 Å². The standard InChI is InChI=1S/C28H33N5O3/c1-31(18-22-8-7-14-29-17-22)26(35)32-15-13-28(36,27(19-32)11-5-6-12-27)20-33-21-30-24(16-25(33)34)23-9-3-2-4-10-23/h2-4,7-10,14,16-17,21,36H,5-6,11-13,15,18-20H2,1H3. The van der Waals surface area contributed by atoms with Crippen molar-refractivity contribution in [1.82, 2.24) is 24.3 Å². The first-order valence-electron chi connectivity index (χ1n) is 12.6. The maximum atomic E-state index is 13.3. The number of carbonyl (C=O) groups is 1. The number of hydrogen-bond acceptors (Lipinski definition) is 5. The SMILES string of the molecule is CN(Cc1cccnc1)C(=O)N1CCC(O)(Cn2cnc(-c3ccccc3)cc2=O)C2(CCCC2)C1. The van der Waals surface area contributed by atoms with Crippen molar-refractivity contribution in [2.45, 2.75) is 50.8 Å². The van der Waals surface area contributed by atoms with Gasteiger partial charge in [0, 0.05) is 56.1 Å². The number of urea groups is 1. The van der Waals surface area contributed by atoms with Gasteiger partial charge in [-0.15, -0.1) is 0 Å². The van der Waals surface area contributed by atoms with Crippen molar-refractivity contribution >= 4 is 6.03 Å². The predicted octanol–water partition coefficient (Wildman–Crippen LogP) is 3.55. The predicted molar refractivity (Wildman–Crippen MR) is 137 cm³/mol. The van der Waals surface area contributed by atoms with Crippen molar-refractivity contribution in [1.29, 1.82) is 0 Å². The van der Waals surface area contributed by atoms with E-state index in [0.717, 1.165) is 36.8 Å². The Kier molecular flexibility index (Phi) is 6.62. The Morgan fingerprint density at radius 1 is 1.11 bits per heavy atom. The first-order valence-corrected chi connectivity index (χ1v) is 12.6. The summed E-state index contributed by atoms with van der Waals surface area (Å²) >= 11 is 0. The second kappa shape index (κ2) is 9.85. The van der Waals surface area contributed by atoms with E-state index in [1.165, 1.54) is 10.6 Å². The molecule has 1 unspecified atom stereocenters. The van der Waals surface area contributed by atoms with E-state index in [0.29, 0.717) is 31.7 Å². The molecule has 3 heterocycles. The number of likely N-dealkylation sites (tertiary alicyclic amines) is 1. The highest BCUT2D eigenvalue weighted by molar-refractivity contribution is 5.74. The molecular formula is C28H33N5O3. The van der Waals surface area contributed by atoms with Crippen molar-refractivity contribution in [3.8, 4) is 11.3 Å². The number of carbonyl (C=O) groups excluding carboxylic acids is 1. The van der Waals surface area contributed by atoms with E-state index in [9.17, 15) is 14.7 Å². The third-order valence-electron chi connectivity index (χ3n) is 7.96. The van der Waals surface area contributed by atoms with Crippen LogP contribution < -0.4 is 5.56 Å². The van der Waals surface area contributed by atoms with E-state index in [4.69, 9.17) is 0 Å². The number of aliphatic hydroxyl groups is 1. The molecule has 188 valence electrons. The summed E-state index contributed by atoms with van der Waals surface area (Å²) in [7, 11) is 1.80. The molecule has 1 aliphatic carbocycles. The number of hydrogen-bond donors (Lipinski definition) is 1. The lowest BCUT2D eigenvalue weighted by molar-refractivity contribution is -0.136. The third-order valence-corrected chi connectivity index (χ3v) is 7.96. The van der Waals surface area contributed by atoms with E-state index >= 15 is 0 Å². The Labute approximate surface area is 211 Å². The fourth-order valence-electron chi connectivity index (χ4n) is 5.93. The van der Waals surface area contributed by atoms with Crippen LogP contribution in [0.25, 0.3) is 11.3 Å². The van der Waals surface area contributed by atoms with Crippen LogP contribution in [-0.2, 0) is 13.1 Å². The molecule has 1 aromatic carbocycles. The lowest BCUT2D eigenvalue weighted by atomic mass is 9.66. The monoisotopic (exact) mass is 487 g/mol. The molecule has 1 N–H and O–H groups in total. The summed E-state index contributed by atoms with van der Waals surface area (Å²) in [6.07, 6.45) is 9.15. The Morgan fingerprint density at radius 3 is 2.58 bits per heavy atom. The Balaban J connectivity index is 1.33. The van der Waals surface area contributed by atoms with Crippen molar-refractivity contribution in [2.24, 2.45) is 5.41 Å². The molecule has 0 radical (unpaired) electrons. The van der Waals surface area contributed by atoms with Gasteiger partial charge in [-0.2, -0.15) is 0 Å². The molecule has 36 heavy (non-hydrogen) atoms. The highest BCUT2D eigenvalue weighted by Crippen LogP contribution is 2.51. The zero-order valence-electron chi connectivity index (χ0n) is 20.7. The smallest absolute Gasteiger partial charge is 0.320 e. The van der Waals surface area contributed by atoms with Gasteiger partial charge in [0.05, 0.1) is 24.2 Å². The molecule has 1 saturated carbocycles. The zero-order valence-corrected chi connectivity index (χ0v) is 20.7. The van der Waals surface area contributed by atoms with Gasteiger partial charge in [-0.05, 0) is 30.9 Å². The van der Waals surface area contributed by atoms with Crippen LogP contribution in [0.2, 0.25) is 0 Å². The fraction of sp³-hybridized carbons (Fsp3) is 0.429. The summed E-state index contributed by atoms with van der Waals surface area (Å²) in [6, 6.07) is 14.9. The fourth-order valence-corrected chi connectivity index (χ4v) is 5.93. The number of aromatic nitrogens is 3. The highest BCUT2D eigenvalue weighted by atomic mass is 16.3. The molecule has 1 saturated heterocycles. The van der Waals surface area contributed by atoms with Gasteiger partial charge in [0.25, 0.3) is 5.56 Å². The molecule has 5 rings (SSSR count). The number of pyridine rings is 1. The molecule has 0 bridgehead atoms. The van der Waals surface area contributed by atoms with Crippen LogP contribution in [0.15, 0.2) is 72.0 Å². The third kappa shape index (κ3) is 4.65. The summed E-state index contributed by atoms with van der Waals surface area (Å²) < 4.78 is 1.53. The van der Waals surface area contributed by atoms with Crippen LogP contribution in [0.4, 0.5) is 4.79 Å². The quantitative estimate of drug-likeness (QED) is 0.594. The average Bonchev–Trinajstić information content (AvgIpc) is 3.38. The Hall–Kier alpha value is -3.52. The minimum Gasteiger partial charge on any atom is -0.387 e. The topological polar surface area (TPSA) is 91.6 Å². The van der Waals surface area contributed by atoms with Gasteiger partial charge in [0.1, 0.15) is 0 Å². The molecule has 3 aromatic rings. The maximum Gasteiger partial charge on any atom is 0.320 e. The summed E-state index contributed by atoms with van der Waals surface area (Å²) in [5, 5.41) is 12.0. The molecule has 1 spiro atoms. The second-order valence-corrected chi connectivity index (χ2v) is 10.3. The first-order chi connectivity index (χ1) is 17.4. The van der Waals surface area contributed by atoms with E-state index in [1.807, 2.05) is 47.4 Å². The normalized spacial score (nSPS) is 21.0. The van der Waals surface area contributed by atoms with E-state index < -0.39 is 11.0 Å². The van der Waals surface area contributed by atoms with Crippen LogP contribution in [0.3, 0.4) is 0 Å². The minimum absolute atomic E-state index is 0.0433. The van der Waals surface area contributed by atoms with Crippen LogP contribution >= 0.6 is 0 Å². The van der Waals surface area contributed by atoms with Gasteiger partial charge < -0.3 is 14.9 Å². The van der Waals surface area contributed by atoms with E-state index in [-0.39, 0.29) is 18.1 Å². The minimum atomic E-state index is -1.08. The summed E-state index contributed by atoms with van der Waals surface area (Å²) in [5.74, 6) is 0. The van der Waals surface area contributed by atoms with Gasteiger partial charge in [0.15, 0.2) is 0 Å². The molecule has 8 nitrogen and oxygen atoms in total. The molecule has 2 aliphatic rings. The maximum absolute atomic E-state index is 13.3. The molecular weight excluding hydrogens is 454 g/mol. The number of benzene rings is 1. The van der Waals surface area contributed by atoms with Gasteiger partial charge in [-0.25, -0.2) is 9.78 Å². The molecule has 2 amide bonds. The van der Waals surface area contributed by atoms with Gasteiger partial charge in [0.2, 0.25) is 0 Å². The van der Waals surface area contributed by atoms with Crippen molar-refractivity contribution in [2.75, 3.05) is 20.1 Å². The Morgan fingerprint density at radius 2 is 1.89 bits per heavy atom. The largest absolute Gasteiger partial charge is 0.387 e. The summed E-state index contributed by atoms with van der Waals surface area (Å²) in [4.78, 5) is 38.5. The summed E-state index contributed by atoms with van der Waals surface area (Å²) in [6.45, 7) is 1.60. The molecule has 8 heteroatoms. The number of piperidine rings is 1. The van der Waals surface area contributed by atoms with Crippen LogP contribution in [-0.4, -0.2) is 61.2 Å². The van der Waals surface area contributed by atoms with Gasteiger partial charge in [-0.1, -0.05) is 49.2 Å². The number of rotatable bonds is 5. The zero-order chi connectivity index (χ0) is 25.2. The van der Waals surface area contributed by atoms with Crippen molar-refractivity contribution in [3.63, 3.8) is 0 Å². The summed E-state index contributed by atoms with van der Waals surface area (Å²) in [5.41, 5.74) is 0.782. The van der Waals surface area contributed by atoms with Crippen LogP contribution in [0.1, 0.15) is 37.7 Å². The van der Waals surface area contributed by atoms with Gasteiger partial charge >= 0.3 is 6.03 Å². The first kappa shape index (κ1) is 24.2. The van der Waals surface area contributed by atoms with Crippen molar-refractivity contribution < 1.29 is 9.90 Å². The molecule has 2 fully saturated rings. The average molecular weight is 488 g/mol. The van der Waals surface area contributed by atoms with Crippen LogP contribution in [0.5, 0.6) is 0 Å². The lowest BCUT2D eigenvalue weighted by Gasteiger charge is -2.52. The molecule has 1 atom stereocenters.